The second-order valence-electron chi connectivity index (χ2n) is 11.6. The van der Waals surface area contributed by atoms with Gasteiger partial charge in [-0.2, -0.15) is 23.4 Å². The van der Waals surface area contributed by atoms with Gasteiger partial charge in [0.05, 0.1) is 58.9 Å². The molecule has 6 aromatic rings. The summed E-state index contributed by atoms with van der Waals surface area (Å²) in [6, 6.07) is 10.3. The van der Waals surface area contributed by atoms with Crippen molar-refractivity contribution >= 4 is 56.8 Å². The van der Waals surface area contributed by atoms with Crippen LogP contribution in [-0.2, 0) is 13.1 Å². The zero-order chi connectivity index (χ0) is 35.0. The molecular formula is C34H31F3N8O4. The van der Waals surface area contributed by atoms with E-state index >= 15 is 0 Å². The number of carboxylic acid groups (broad SMARTS) is 2. The average Bonchev–Trinajstić information content (AvgIpc) is 3.55. The summed E-state index contributed by atoms with van der Waals surface area (Å²) in [7, 11) is 0. The third-order valence-electron chi connectivity index (χ3n) is 8.05. The predicted octanol–water partition coefficient (Wildman–Crippen LogP) is 7.71. The van der Waals surface area contributed by atoms with Gasteiger partial charge in [-0.3, -0.25) is 19.3 Å². The highest BCUT2D eigenvalue weighted by Gasteiger charge is 2.28. The quantitative estimate of drug-likeness (QED) is 0.107. The lowest BCUT2D eigenvalue weighted by Gasteiger charge is -2.15. The van der Waals surface area contributed by atoms with Gasteiger partial charge in [0, 0.05) is 35.3 Å². The summed E-state index contributed by atoms with van der Waals surface area (Å²) >= 11 is 0. The number of anilines is 4. The molecule has 6 rings (SSSR count). The van der Waals surface area contributed by atoms with Crippen molar-refractivity contribution in [2.24, 2.45) is 0 Å². The summed E-state index contributed by atoms with van der Waals surface area (Å²) < 4.78 is 42.3. The Bertz CT molecular complexity index is 2240. The van der Waals surface area contributed by atoms with E-state index in [-0.39, 0.29) is 28.3 Å². The number of aromatic nitrogens is 6. The molecule has 252 valence electrons. The van der Waals surface area contributed by atoms with E-state index in [9.17, 15) is 33.0 Å². The Hall–Kier alpha value is -5.99. The van der Waals surface area contributed by atoms with E-state index in [1.54, 1.807) is 22.9 Å². The third-order valence-corrected chi connectivity index (χ3v) is 8.05. The number of hydrogen-bond donors (Lipinski definition) is 4. The zero-order valence-electron chi connectivity index (χ0n) is 26.6. The number of fused-ring (bicyclic) bond motifs is 2. The lowest BCUT2D eigenvalue weighted by Crippen LogP contribution is -2.13. The van der Waals surface area contributed by atoms with Crippen LogP contribution in [0.5, 0.6) is 0 Å². The van der Waals surface area contributed by atoms with E-state index in [0.29, 0.717) is 50.9 Å². The maximum atomic E-state index is 13.1. The van der Waals surface area contributed by atoms with Crippen LogP contribution in [0.4, 0.5) is 36.2 Å². The van der Waals surface area contributed by atoms with Crippen LogP contribution in [0.25, 0.3) is 32.9 Å². The number of alkyl halides is 3. The van der Waals surface area contributed by atoms with E-state index in [1.807, 2.05) is 32.9 Å². The van der Waals surface area contributed by atoms with Crippen molar-refractivity contribution < 1.29 is 33.0 Å². The normalized spacial score (nSPS) is 11.7. The molecule has 0 atom stereocenters. The van der Waals surface area contributed by atoms with Gasteiger partial charge in [-0.1, -0.05) is 18.6 Å². The largest absolute Gasteiger partial charge is 0.478 e. The molecule has 0 saturated heterocycles. The molecule has 4 heterocycles. The highest BCUT2D eigenvalue weighted by atomic mass is 19.4. The van der Waals surface area contributed by atoms with Crippen molar-refractivity contribution in [1.82, 2.24) is 29.5 Å². The Kier molecular flexibility index (Phi) is 8.67. The van der Waals surface area contributed by atoms with Crippen LogP contribution >= 0.6 is 0 Å². The number of rotatable bonds is 11. The molecule has 15 heteroatoms. The highest BCUT2D eigenvalue weighted by molar-refractivity contribution is 6.05. The number of halogens is 3. The maximum absolute atomic E-state index is 13.1. The fourth-order valence-corrected chi connectivity index (χ4v) is 5.81. The summed E-state index contributed by atoms with van der Waals surface area (Å²) in [6.07, 6.45) is 0.855. The molecule has 0 fully saturated rings. The van der Waals surface area contributed by atoms with Crippen LogP contribution < -0.4 is 10.6 Å². The second kappa shape index (κ2) is 12.9. The molecule has 49 heavy (non-hydrogen) atoms. The minimum absolute atomic E-state index is 0.0242. The summed E-state index contributed by atoms with van der Waals surface area (Å²) in [5.41, 5.74) is 3.83. The Morgan fingerprint density at radius 1 is 0.796 bits per heavy atom. The van der Waals surface area contributed by atoms with Crippen LogP contribution in [0, 0.1) is 13.8 Å². The molecule has 2 aromatic carbocycles. The Morgan fingerprint density at radius 2 is 1.47 bits per heavy atom. The molecule has 0 saturated carbocycles. The molecule has 12 nitrogen and oxygen atoms in total. The molecular weight excluding hydrogens is 641 g/mol. The Morgan fingerprint density at radius 3 is 2.14 bits per heavy atom. The number of pyridine rings is 2. The first kappa shape index (κ1) is 32.9. The van der Waals surface area contributed by atoms with Gasteiger partial charge in [0.25, 0.3) is 0 Å². The molecule has 0 spiro atoms. The van der Waals surface area contributed by atoms with Crippen LogP contribution in [0.1, 0.15) is 51.6 Å². The zero-order valence-corrected chi connectivity index (χ0v) is 26.6. The molecule has 0 radical (unpaired) electrons. The Balaban J connectivity index is 1.45. The number of carbonyl (C=O) groups is 2. The van der Waals surface area contributed by atoms with Crippen molar-refractivity contribution in [3.05, 3.63) is 83.4 Å². The summed E-state index contributed by atoms with van der Waals surface area (Å²) in [4.78, 5) is 33.1. The summed E-state index contributed by atoms with van der Waals surface area (Å²) in [5.74, 6) is -1.77. The maximum Gasteiger partial charge on any atom is 0.390 e. The molecule has 4 N–H and O–H groups in total. The fourth-order valence-electron chi connectivity index (χ4n) is 5.81. The second-order valence-corrected chi connectivity index (χ2v) is 11.6. The molecule has 0 amide bonds. The molecule has 0 aliphatic heterocycles. The van der Waals surface area contributed by atoms with Gasteiger partial charge in [0.2, 0.25) is 0 Å². The fraction of sp³-hybridized carbons (Fsp3) is 0.235. The number of hydrogen-bond acceptors (Lipinski definition) is 8. The van der Waals surface area contributed by atoms with Gasteiger partial charge in [-0.25, -0.2) is 9.59 Å². The van der Waals surface area contributed by atoms with Crippen LogP contribution in [0.2, 0.25) is 0 Å². The van der Waals surface area contributed by atoms with E-state index in [0.717, 1.165) is 12.0 Å². The minimum Gasteiger partial charge on any atom is -0.478 e. The molecule has 4 aromatic heterocycles. The van der Waals surface area contributed by atoms with Crippen molar-refractivity contribution in [2.45, 2.75) is 52.9 Å². The van der Waals surface area contributed by atoms with E-state index < -0.39 is 31.1 Å². The van der Waals surface area contributed by atoms with E-state index in [1.165, 1.54) is 35.5 Å². The lowest BCUT2D eigenvalue weighted by molar-refractivity contribution is -0.137. The lowest BCUT2D eigenvalue weighted by atomic mass is 9.95. The van der Waals surface area contributed by atoms with Gasteiger partial charge < -0.3 is 20.8 Å². The topological polar surface area (TPSA) is 160 Å². The van der Waals surface area contributed by atoms with Crippen molar-refractivity contribution in [3.63, 3.8) is 0 Å². The molecule has 0 aliphatic rings. The van der Waals surface area contributed by atoms with Gasteiger partial charge >= 0.3 is 18.1 Å². The number of benzene rings is 2. The first-order valence-electron chi connectivity index (χ1n) is 15.3. The first-order valence-corrected chi connectivity index (χ1v) is 15.3. The minimum atomic E-state index is -4.38. The molecule has 0 unspecified atom stereocenters. The smallest absolute Gasteiger partial charge is 0.390 e. The monoisotopic (exact) mass is 672 g/mol. The molecule has 0 aliphatic carbocycles. The van der Waals surface area contributed by atoms with Crippen molar-refractivity contribution in [2.75, 3.05) is 10.6 Å². The van der Waals surface area contributed by atoms with Gasteiger partial charge in [-0.15, -0.1) is 0 Å². The van der Waals surface area contributed by atoms with E-state index in [4.69, 9.17) is 5.10 Å². The number of nitrogens with one attached hydrogen (secondary N) is 2. The van der Waals surface area contributed by atoms with Gasteiger partial charge in [0.15, 0.2) is 11.6 Å². The number of carboxylic acids is 2. The van der Waals surface area contributed by atoms with E-state index in [2.05, 4.69) is 25.7 Å². The van der Waals surface area contributed by atoms with Crippen LogP contribution in [-0.4, -0.2) is 57.9 Å². The van der Waals surface area contributed by atoms with Crippen molar-refractivity contribution in [3.8, 4) is 11.1 Å². The van der Waals surface area contributed by atoms with Gasteiger partial charge in [-0.05, 0) is 61.7 Å². The number of aromatic carboxylic acids is 2. The van der Waals surface area contributed by atoms with Crippen LogP contribution in [0.15, 0.2) is 61.2 Å². The Labute approximate surface area is 277 Å². The number of nitrogens with zero attached hydrogens (tertiary/aromatic N) is 6. The standard InChI is InChI=1S/C34H31F3N8O4/c1-4-10-44-28-14-21(19(3)13-23(28)31(42-44)40-25-16-38-9-7-20(25)32(46)47)24-15-39-17-26(29(24)33(48)49)41-30-22-12-18(2)5-6-27(22)45(43-30)11-8-34(35,36)37/h5-7,9,12-17H,4,8,10-11H2,1-3H3,(H,40,42)(H,41,43)(H,46,47)(H,48,49). The van der Waals surface area contributed by atoms with Crippen LogP contribution in [0.3, 0.4) is 0 Å². The predicted molar refractivity (Wildman–Crippen MR) is 178 cm³/mol. The van der Waals surface area contributed by atoms with Crippen molar-refractivity contribution in [1.29, 1.82) is 0 Å². The first-order chi connectivity index (χ1) is 23.3. The molecule has 0 bridgehead atoms. The summed E-state index contributed by atoms with van der Waals surface area (Å²) in [6.45, 7) is 5.75. The number of aryl methyl sites for hydroxylation is 4. The highest BCUT2D eigenvalue weighted by Crippen LogP contribution is 2.38. The average molecular weight is 673 g/mol. The third kappa shape index (κ3) is 6.59. The van der Waals surface area contributed by atoms with Gasteiger partial charge in [0.1, 0.15) is 0 Å². The SMILES string of the molecule is CCCn1nc(Nc2cnccc2C(=O)O)c2cc(C)c(-c3cncc(Nc4nn(CCC(F)(F)F)c5ccc(C)cc45)c3C(=O)O)cc21. The summed E-state index contributed by atoms with van der Waals surface area (Å²) in [5, 5.41) is 36.6.